The lowest BCUT2D eigenvalue weighted by Gasteiger charge is -2.24. The van der Waals surface area contributed by atoms with Crippen LogP contribution in [0.2, 0.25) is 0 Å². The van der Waals surface area contributed by atoms with Crippen molar-refractivity contribution in [3.8, 4) is 5.75 Å². The Bertz CT molecular complexity index is 318. The molecule has 1 aromatic carbocycles. The van der Waals surface area contributed by atoms with Gasteiger partial charge in [-0.15, -0.1) is 0 Å². The molecule has 83 valence electrons. The number of hydrogen-bond acceptors (Lipinski definition) is 1. The predicted octanol–water partition coefficient (Wildman–Crippen LogP) is 3.79. The van der Waals surface area contributed by atoms with Crippen LogP contribution in [0.1, 0.15) is 52.7 Å². The molecule has 0 spiro atoms. The highest BCUT2D eigenvalue weighted by Gasteiger charge is 2.20. The Hall–Kier alpha value is -0.980. The summed E-state index contributed by atoms with van der Waals surface area (Å²) >= 11 is 0. The standard InChI is InChI=1S/C14H21O/c1-13(2,3)10-7-11(14(4,5)6)9-12(15)8-10/h8-9,15H,1-6H3. The average Bonchev–Trinajstić information content (AvgIpc) is 1.99. The zero-order valence-corrected chi connectivity index (χ0v) is 10.6. The Balaban J connectivity index is 3.30. The zero-order valence-electron chi connectivity index (χ0n) is 10.6. The fourth-order valence-electron chi connectivity index (χ4n) is 1.36. The minimum Gasteiger partial charge on any atom is -0.508 e. The molecule has 0 aliphatic heterocycles. The van der Waals surface area contributed by atoms with Crippen LogP contribution in [0.4, 0.5) is 0 Å². The van der Waals surface area contributed by atoms with Crippen LogP contribution in [0.15, 0.2) is 12.1 Å². The fraction of sp³-hybridized carbons (Fsp3) is 0.571. The molecule has 0 saturated heterocycles. The van der Waals surface area contributed by atoms with Gasteiger partial charge in [0.15, 0.2) is 0 Å². The van der Waals surface area contributed by atoms with Gasteiger partial charge in [-0.3, -0.25) is 0 Å². The molecule has 1 heteroatoms. The molecule has 0 amide bonds. The van der Waals surface area contributed by atoms with Crippen molar-refractivity contribution >= 4 is 0 Å². The van der Waals surface area contributed by atoms with Crippen molar-refractivity contribution in [2.24, 2.45) is 0 Å². The summed E-state index contributed by atoms with van der Waals surface area (Å²) in [7, 11) is 0. The van der Waals surface area contributed by atoms with Gasteiger partial charge in [0, 0.05) is 0 Å². The third-order valence-electron chi connectivity index (χ3n) is 2.47. The highest BCUT2D eigenvalue weighted by atomic mass is 16.3. The maximum Gasteiger partial charge on any atom is 0.116 e. The molecule has 0 fully saturated rings. The van der Waals surface area contributed by atoms with Crippen LogP contribution in [0.3, 0.4) is 0 Å². The fourth-order valence-corrected chi connectivity index (χ4v) is 1.36. The number of rotatable bonds is 0. The summed E-state index contributed by atoms with van der Waals surface area (Å²) in [6.45, 7) is 12.8. The first-order chi connectivity index (χ1) is 6.60. The summed E-state index contributed by atoms with van der Waals surface area (Å²) in [5.74, 6) is 0.337. The van der Waals surface area contributed by atoms with Gasteiger partial charge in [0.2, 0.25) is 0 Å². The summed E-state index contributed by atoms with van der Waals surface area (Å²) in [5.41, 5.74) is 2.18. The summed E-state index contributed by atoms with van der Waals surface area (Å²) in [6, 6.07) is 7.01. The maximum atomic E-state index is 9.70. The molecule has 1 rings (SSSR count). The van der Waals surface area contributed by atoms with E-state index in [-0.39, 0.29) is 10.8 Å². The van der Waals surface area contributed by atoms with Gasteiger partial charge in [0.25, 0.3) is 0 Å². The van der Waals surface area contributed by atoms with Crippen LogP contribution < -0.4 is 0 Å². The van der Waals surface area contributed by atoms with E-state index in [4.69, 9.17) is 0 Å². The average molecular weight is 205 g/mol. The number of phenols is 1. The number of hydrogen-bond donors (Lipinski definition) is 1. The molecule has 15 heavy (non-hydrogen) atoms. The van der Waals surface area contributed by atoms with Gasteiger partial charge >= 0.3 is 0 Å². The summed E-state index contributed by atoms with van der Waals surface area (Å²) in [5, 5.41) is 9.70. The molecule has 0 atom stereocenters. The van der Waals surface area contributed by atoms with Crippen molar-refractivity contribution in [1.82, 2.24) is 0 Å². The smallest absolute Gasteiger partial charge is 0.116 e. The van der Waals surface area contributed by atoms with Crippen LogP contribution >= 0.6 is 0 Å². The summed E-state index contributed by atoms with van der Waals surface area (Å²) in [6.07, 6.45) is 0. The van der Waals surface area contributed by atoms with E-state index in [0.29, 0.717) is 5.75 Å². The Morgan fingerprint density at radius 1 is 0.867 bits per heavy atom. The van der Waals surface area contributed by atoms with Gasteiger partial charge in [-0.1, -0.05) is 41.5 Å². The molecule has 0 saturated carbocycles. The highest BCUT2D eigenvalue weighted by molar-refractivity contribution is 5.38. The van der Waals surface area contributed by atoms with Crippen molar-refractivity contribution in [2.75, 3.05) is 0 Å². The monoisotopic (exact) mass is 205 g/mol. The van der Waals surface area contributed by atoms with Crippen molar-refractivity contribution in [2.45, 2.75) is 52.4 Å². The molecular weight excluding hydrogens is 184 g/mol. The molecule has 1 nitrogen and oxygen atoms in total. The second-order valence-corrected chi connectivity index (χ2v) is 6.17. The molecular formula is C14H21O. The summed E-state index contributed by atoms with van der Waals surface area (Å²) in [4.78, 5) is 0. The topological polar surface area (TPSA) is 20.2 Å². The molecule has 0 aliphatic rings. The molecule has 0 unspecified atom stereocenters. The number of benzene rings is 1. The molecule has 0 aliphatic carbocycles. The van der Waals surface area contributed by atoms with Crippen molar-refractivity contribution < 1.29 is 5.11 Å². The van der Waals surface area contributed by atoms with Crippen LogP contribution in [-0.2, 0) is 10.8 Å². The first-order valence-corrected chi connectivity index (χ1v) is 5.38. The lowest BCUT2D eigenvalue weighted by atomic mass is 9.80. The third kappa shape index (κ3) is 2.98. The van der Waals surface area contributed by atoms with Crippen LogP contribution in [0.25, 0.3) is 0 Å². The van der Waals surface area contributed by atoms with E-state index in [0.717, 1.165) is 11.1 Å². The lowest BCUT2D eigenvalue weighted by molar-refractivity contribution is 0.465. The van der Waals surface area contributed by atoms with E-state index in [2.05, 4.69) is 47.6 Å². The van der Waals surface area contributed by atoms with Gasteiger partial charge in [-0.2, -0.15) is 0 Å². The van der Waals surface area contributed by atoms with E-state index in [1.54, 1.807) is 12.1 Å². The second kappa shape index (κ2) is 3.55. The maximum absolute atomic E-state index is 9.70. The van der Waals surface area contributed by atoms with E-state index in [1.807, 2.05) is 0 Å². The lowest BCUT2D eigenvalue weighted by Crippen LogP contribution is -2.16. The molecule has 0 aromatic heterocycles. The van der Waals surface area contributed by atoms with Gasteiger partial charge < -0.3 is 5.11 Å². The molecule has 0 bridgehead atoms. The SMILES string of the molecule is CC(C)(C)c1[c]c(C(C)(C)C)cc(O)c1. The number of aromatic hydroxyl groups is 1. The summed E-state index contributed by atoms with van der Waals surface area (Å²) < 4.78 is 0. The quantitative estimate of drug-likeness (QED) is 0.683. The largest absolute Gasteiger partial charge is 0.508 e. The first kappa shape index (κ1) is 12.1. The molecule has 1 radical (unpaired) electrons. The second-order valence-electron chi connectivity index (χ2n) is 6.17. The van der Waals surface area contributed by atoms with E-state index in [1.165, 1.54) is 0 Å². The molecule has 0 heterocycles. The molecule has 1 N–H and O–H groups in total. The van der Waals surface area contributed by atoms with Gasteiger partial charge in [-0.05, 0) is 40.2 Å². The first-order valence-electron chi connectivity index (χ1n) is 5.38. The van der Waals surface area contributed by atoms with Crippen molar-refractivity contribution in [3.05, 3.63) is 29.3 Å². The van der Waals surface area contributed by atoms with Crippen LogP contribution in [-0.4, -0.2) is 5.11 Å². The van der Waals surface area contributed by atoms with Crippen molar-refractivity contribution in [1.29, 1.82) is 0 Å². The van der Waals surface area contributed by atoms with Gasteiger partial charge in [0.1, 0.15) is 5.75 Å². The Labute approximate surface area is 93.1 Å². The Morgan fingerprint density at radius 2 is 1.20 bits per heavy atom. The third-order valence-corrected chi connectivity index (χ3v) is 2.47. The number of phenolic OH excluding ortho intramolecular Hbond substituents is 1. The molecule has 1 aromatic rings. The van der Waals surface area contributed by atoms with Gasteiger partial charge in [-0.25, -0.2) is 0 Å². The van der Waals surface area contributed by atoms with Crippen LogP contribution in [0.5, 0.6) is 5.75 Å². The zero-order chi connectivity index (χ0) is 11.9. The van der Waals surface area contributed by atoms with Gasteiger partial charge in [0.05, 0.1) is 0 Å². The Kier molecular flexibility index (Phi) is 2.86. The van der Waals surface area contributed by atoms with Crippen LogP contribution in [0, 0.1) is 6.07 Å². The minimum atomic E-state index is 0.0265. The Morgan fingerprint density at radius 3 is 1.47 bits per heavy atom. The normalized spacial score (nSPS) is 12.9. The van der Waals surface area contributed by atoms with E-state index in [9.17, 15) is 5.11 Å². The minimum absolute atomic E-state index is 0.0265. The van der Waals surface area contributed by atoms with E-state index < -0.39 is 0 Å². The predicted molar refractivity (Wildman–Crippen MR) is 64.3 cm³/mol. The highest BCUT2D eigenvalue weighted by Crippen LogP contribution is 2.31. The van der Waals surface area contributed by atoms with E-state index >= 15 is 0 Å². The van der Waals surface area contributed by atoms with Crippen molar-refractivity contribution in [3.63, 3.8) is 0 Å².